The minimum Gasteiger partial charge on any atom is -0.359 e. The van der Waals surface area contributed by atoms with Crippen LogP contribution in [0.3, 0.4) is 0 Å². The lowest BCUT2D eigenvalue weighted by Gasteiger charge is -2.09. The van der Waals surface area contributed by atoms with Crippen molar-refractivity contribution < 1.29 is 4.52 Å². The molecule has 4 nitrogen and oxygen atoms in total. The third-order valence-corrected chi connectivity index (χ3v) is 3.62. The molecule has 3 aromatic rings. The molecular formula is C17H21N3O. The predicted molar refractivity (Wildman–Crippen MR) is 84.3 cm³/mol. The first kappa shape index (κ1) is 13.9. The maximum Gasteiger partial charge on any atom is 0.156 e. The fourth-order valence-electron chi connectivity index (χ4n) is 2.67. The molecule has 0 radical (unpaired) electrons. The molecule has 0 atom stereocenters. The highest BCUT2D eigenvalue weighted by Gasteiger charge is 2.09. The number of aryl methyl sites for hydroxylation is 1. The first-order valence-corrected chi connectivity index (χ1v) is 7.47. The molecule has 2 heterocycles. The molecule has 0 aliphatic carbocycles. The summed E-state index contributed by atoms with van der Waals surface area (Å²) in [6, 6.07) is 10.6. The lowest BCUT2D eigenvalue weighted by Crippen LogP contribution is -2.14. The second-order valence-corrected chi connectivity index (χ2v) is 5.41. The van der Waals surface area contributed by atoms with Crippen LogP contribution in [0.4, 0.5) is 0 Å². The zero-order valence-corrected chi connectivity index (χ0v) is 12.6. The van der Waals surface area contributed by atoms with Gasteiger partial charge in [-0.1, -0.05) is 30.3 Å². The van der Waals surface area contributed by atoms with Crippen LogP contribution in [0.5, 0.6) is 0 Å². The molecule has 0 fully saturated rings. The Hall–Kier alpha value is -2.07. The Balaban J connectivity index is 1.91. The third-order valence-electron chi connectivity index (χ3n) is 3.62. The van der Waals surface area contributed by atoms with Gasteiger partial charge in [0.15, 0.2) is 5.76 Å². The predicted octanol–water partition coefficient (Wildman–Crippen LogP) is 3.49. The molecule has 3 rings (SSSR count). The Kier molecular flexibility index (Phi) is 4.06. The van der Waals surface area contributed by atoms with Crippen molar-refractivity contribution in [2.45, 2.75) is 33.4 Å². The van der Waals surface area contributed by atoms with Crippen molar-refractivity contribution in [3.8, 4) is 0 Å². The molecular weight excluding hydrogens is 262 g/mol. The molecule has 0 saturated heterocycles. The van der Waals surface area contributed by atoms with Crippen molar-refractivity contribution in [1.82, 2.24) is 15.0 Å². The highest BCUT2D eigenvalue weighted by atomic mass is 16.5. The zero-order valence-electron chi connectivity index (χ0n) is 12.6. The SMILES string of the molecule is CCCNCc1cccc2ccn(Cc3cc(C)no3)c12. The number of aromatic nitrogens is 2. The number of nitrogens with one attached hydrogen (secondary N) is 1. The van der Waals surface area contributed by atoms with Crippen LogP contribution in [0.2, 0.25) is 0 Å². The Labute approximate surface area is 124 Å². The Bertz CT molecular complexity index is 727. The average Bonchev–Trinajstić information content (AvgIpc) is 3.07. The maximum absolute atomic E-state index is 5.34. The van der Waals surface area contributed by atoms with E-state index in [1.165, 1.54) is 16.5 Å². The van der Waals surface area contributed by atoms with Gasteiger partial charge < -0.3 is 14.4 Å². The van der Waals surface area contributed by atoms with Crippen molar-refractivity contribution in [3.05, 3.63) is 53.5 Å². The monoisotopic (exact) mass is 283 g/mol. The second-order valence-electron chi connectivity index (χ2n) is 5.41. The van der Waals surface area contributed by atoms with Crippen LogP contribution in [0.1, 0.15) is 30.4 Å². The molecule has 0 spiro atoms. The average molecular weight is 283 g/mol. The van der Waals surface area contributed by atoms with E-state index in [0.717, 1.165) is 37.5 Å². The first-order chi connectivity index (χ1) is 10.3. The summed E-state index contributed by atoms with van der Waals surface area (Å²) in [7, 11) is 0. The van der Waals surface area contributed by atoms with E-state index in [4.69, 9.17) is 4.52 Å². The minimum atomic E-state index is 0.717. The van der Waals surface area contributed by atoms with Crippen molar-refractivity contribution in [3.63, 3.8) is 0 Å². The van der Waals surface area contributed by atoms with Crippen LogP contribution in [-0.2, 0) is 13.1 Å². The van der Waals surface area contributed by atoms with Crippen molar-refractivity contribution >= 4 is 10.9 Å². The Morgan fingerprint density at radius 3 is 2.95 bits per heavy atom. The molecule has 1 aromatic carbocycles. The lowest BCUT2D eigenvalue weighted by atomic mass is 10.1. The maximum atomic E-state index is 5.34. The van der Waals surface area contributed by atoms with Gasteiger partial charge in [-0.25, -0.2) is 0 Å². The van der Waals surface area contributed by atoms with E-state index >= 15 is 0 Å². The van der Waals surface area contributed by atoms with Crippen molar-refractivity contribution in [2.75, 3.05) is 6.54 Å². The second kappa shape index (κ2) is 6.14. The van der Waals surface area contributed by atoms with Crippen LogP contribution >= 0.6 is 0 Å². The van der Waals surface area contributed by atoms with Gasteiger partial charge in [0, 0.05) is 18.8 Å². The summed E-state index contributed by atoms with van der Waals surface area (Å²) in [4.78, 5) is 0. The molecule has 0 saturated carbocycles. The molecule has 0 aliphatic heterocycles. The van der Waals surface area contributed by atoms with E-state index < -0.39 is 0 Å². The summed E-state index contributed by atoms with van der Waals surface area (Å²) in [5.74, 6) is 0.890. The molecule has 4 heteroatoms. The summed E-state index contributed by atoms with van der Waals surface area (Å²) in [6.45, 7) is 6.78. The van der Waals surface area contributed by atoms with Crippen LogP contribution in [0, 0.1) is 6.92 Å². The quantitative estimate of drug-likeness (QED) is 0.704. The van der Waals surface area contributed by atoms with E-state index in [1.807, 2.05) is 13.0 Å². The molecule has 2 aromatic heterocycles. The van der Waals surface area contributed by atoms with E-state index in [1.54, 1.807) is 0 Å². The summed E-state index contributed by atoms with van der Waals surface area (Å²) in [5.41, 5.74) is 3.52. The van der Waals surface area contributed by atoms with Crippen LogP contribution in [-0.4, -0.2) is 16.3 Å². The molecule has 110 valence electrons. The van der Waals surface area contributed by atoms with E-state index in [9.17, 15) is 0 Å². The number of rotatable bonds is 6. The topological polar surface area (TPSA) is 43.0 Å². The summed E-state index contributed by atoms with van der Waals surface area (Å²) >= 11 is 0. The van der Waals surface area contributed by atoms with Gasteiger partial charge in [0.25, 0.3) is 0 Å². The van der Waals surface area contributed by atoms with Gasteiger partial charge in [0.1, 0.15) is 0 Å². The zero-order chi connectivity index (χ0) is 14.7. The molecule has 0 bridgehead atoms. The molecule has 0 unspecified atom stereocenters. The first-order valence-electron chi connectivity index (χ1n) is 7.47. The summed E-state index contributed by atoms with van der Waals surface area (Å²) in [6.07, 6.45) is 3.26. The van der Waals surface area contributed by atoms with E-state index in [-0.39, 0.29) is 0 Å². The van der Waals surface area contributed by atoms with Crippen LogP contribution in [0.25, 0.3) is 10.9 Å². The van der Waals surface area contributed by atoms with Gasteiger partial charge >= 0.3 is 0 Å². The van der Waals surface area contributed by atoms with E-state index in [2.05, 4.69) is 52.4 Å². The van der Waals surface area contributed by atoms with Gasteiger partial charge in [-0.15, -0.1) is 0 Å². The largest absolute Gasteiger partial charge is 0.359 e. The third kappa shape index (κ3) is 3.00. The number of para-hydroxylation sites is 1. The lowest BCUT2D eigenvalue weighted by molar-refractivity contribution is 0.374. The fraction of sp³-hybridized carbons (Fsp3) is 0.353. The normalized spacial score (nSPS) is 11.3. The molecule has 0 amide bonds. The van der Waals surface area contributed by atoms with Crippen molar-refractivity contribution in [2.24, 2.45) is 0 Å². The van der Waals surface area contributed by atoms with Gasteiger partial charge in [0.2, 0.25) is 0 Å². The smallest absolute Gasteiger partial charge is 0.156 e. The molecule has 1 N–H and O–H groups in total. The summed E-state index contributed by atoms with van der Waals surface area (Å²) < 4.78 is 7.57. The highest BCUT2D eigenvalue weighted by molar-refractivity contribution is 5.83. The molecule has 0 aliphatic rings. The van der Waals surface area contributed by atoms with Gasteiger partial charge in [-0.3, -0.25) is 0 Å². The summed E-state index contributed by atoms with van der Waals surface area (Å²) in [5, 5.41) is 8.70. The number of benzene rings is 1. The Morgan fingerprint density at radius 2 is 2.19 bits per heavy atom. The molecule has 21 heavy (non-hydrogen) atoms. The number of hydrogen-bond donors (Lipinski definition) is 1. The number of nitrogens with zero attached hydrogens (tertiary/aromatic N) is 2. The van der Waals surface area contributed by atoms with Gasteiger partial charge in [-0.2, -0.15) is 0 Å². The minimum absolute atomic E-state index is 0.717. The highest BCUT2D eigenvalue weighted by Crippen LogP contribution is 2.21. The fourth-order valence-corrected chi connectivity index (χ4v) is 2.67. The van der Waals surface area contributed by atoms with E-state index in [0.29, 0.717) is 0 Å². The number of hydrogen-bond acceptors (Lipinski definition) is 3. The van der Waals surface area contributed by atoms with Crippen LogP contribution < -0.4 is 5.32 Å². The Morgan fingerprint density at radius 1 is 1.29 bits per heavy atom. The van der Waals surface area contributed by atoms with Crippen LogP contribution in [0.15, 0.2) is 41.1 Å². The van der Waals surface area contributed by atoms with Gasteiger partial charge in [-0.05, 0) is 36.9 Å². The standard InChI is InChI=1S/C17H21N3O/c1-3-8-18-11-15-6-4-5-14-7-9-20(17(14)15)12-16-10-13(2)19-21-16/h4-7,9-10,18H,3,8,11-12H2,1-2H3. The number of fused-ring (bicyclic) bond motifs is 1. The van der Waals surface area contributed by atoms with Crippen molar-refractivity contribution in [1.29, 1.82) is 0 Å². The van der Waals surface area contributed by atoms with Gasteiger partial charge in [0.05, 0.1) is 17.8 Å².